The van der Waals surface area contributed by atoms with Crippen molar-refractivity contribution in [1.82, 2.24) is 4.57 Å². The number of hydrogen-bond donors (Lipinski definition) is 1. The summed E-state index contributed by atoms with van der Waals surface area (Å²) in [7, 11) is 0. The lowest BCUT2D eigenvalue weighted by molar-refractivity contribution is -0.139. The first-order valence-electron chi connectivity index (χ1n) is 12.8. The number of thiazole rings is 1. The van der Waals surface area contributed by atoms with E-state index in [0.717, 1.165) is 0 Å². The van der Waals surface area contributed by atoms with Gasteiger partial charge in [0.25, 0.3) is 5.56 Å². The standard InChI is InChI=1S/C31H26N2O7S/c1-4-15-39-22-11-9-19(10-12-22)27-26(30(37)38-5-2)18(3)32-31-33(27)28(34)25(41-31)17-23-13-14-24(40-23)20-7-6-8-21(16-20)29(35)36/h4,6-14,16-17,27H,1,5,15H2,2-3H3,(H,35,36)/b25-17-/t27-/m1/s1. The smallest absolute Gasteiger partial charge is 0.338 e. The summed E-state index contributed by atoms with van der Waals surface area (Å²) in [6.45, 7) is 7.63. The molecule has 1 aliphatic heterocycles. The molecule has 0 bridgehead atoms. The van der Waals surface area contributed by atoms with Gasteiger partial charge in [-0.05, 0) is 55.8 Å². The minimum absolute atomic E-state index is 0.141. The van der Waals surface area contributed by atoms with Crippen LogP contribution in [0.2, 0.25) is 0 Å². The summed E-state index contributed by atoms with van der Waals surface area (Å²) in [6.07, 6.45) is 3.26. The number of nitrogens with zero attached hydrogens (tertiary/aromatic N) is 2. The maximum Gasteiger partial charge on any atom is 0.338 e. The Morgan fingerprint density at radius 2 is 1.95 bits per heavy atom. The number of allylic oxidation sites excluding steroid dienone is 1. The zero-order chi connectivity index (χ0) is 29.1. The molecule has 1 N–H and O–H groups in total. The quantitative estimate of drug-likeness (QED) is 0.235. The second kappa shape index (κ2) is 11.6. The van der Waals surface area contributed by atoms with Crippen LogP contribution in [0.5, 0.6) is 5.75 Å². The highest BCUT2D eigenvalue weighted by Gasteiger charge is 2.33. The van der Waals surface area contributed by atoms with E-state index in [1.54, 1.807) is 62.4 Å². The Morgan fingerprint density at radius 1 is 1.17 bits per heavy atom. The van der Waals surface area contributed by atoms with Gasteiger partial charge < -0.3 is 19.0 Å². The van der Waals surface area contributed by atoms with Crippen molar-refractivity contribution in [2.75, 3.05) is 13.2 Å². The van der Waals surface area contributed by atoms with E-state index in [0.29, 0.717) is 50.0 Å². The lowest BCUT2D eigenvalue weighted by Gasteiger charge is -2.24. The van der Waals surface area contributed by atoms with Crippen LogP contribution < -0.4 is 19.6 Å². The number of rotatable bonds is 9. The van der Waals surface area contributed by atoms with Crippen LogP contribution in [0.3, 0.4) is 0 Å². The maximum atomic E-state index is 13.8. The average Bonchev–Trinajstić information content (AvgIpc) is 3.56. The van der Waals surface area contributed by atoms with Crippen LogP contribution >= 0.6 is 11.3 Å². The molecule has 9 nitrogen and oxygen atoms in total. The number of fused-ring (bicyclic) bond motifs is 1. The third-order valence-corrected chi connectivity index (χ3v) is 7.36. The molecule has 3 heterocycles. The van der Waals surface area contributed by atoms with Crippen LogP contribution in [0.25, 0.3) is 17.4 Å². The molecule has 0 saturated carbocycles. The van der Waals surface area contributed by atoms with Gasteiger partial charge >= 0.3 is 11.9 Å². The second-order valence-electron chi connectivity index (χ2n) is 9.06. The van der Waals surface area contributed by atoms with Gasteiger partial charge in [-0.2, -0.15) is 0 Å². The predicted octanol–water partition coefficient (Wildman–Crippen LogP) is 4.32. The van der Waals surface area contributed by atoms with Crippen molar-refractivity contribution in [2.45, 2.75) is 19.9 Å². The summed E-state index contributed by atoms with van der Waals surface area (Å²) in [5.41, 5.74) is 1.84. The first-order valence-corrected chi connectivity index (χ1v) is 13.6. The summed E-state index contributed by atoms with van der Waals surface area (Å²) in [5.74, 6) is -0.0799. The Labute approximate surface area is 238 Å². The summed E-state index contributed by atoms with van der Waals surface area (Å²) in [5, 5.41) is 9.30. The van der Waals surface area contributed by atoms with E-state index in [-0.39, 0.29) is 23.3 Å². The van der Waals surface area contributed by atoms with Gasteiger partial charge in [-0.1, -0.05) is 48.3 Å². The molecular formula is C31H26N2O7S. The highest BCUT2D eigenvalue weighted by atomic mass is 32.1. The van der Waals surface area contributed by atoms with Crippen LogP contribution in [0.1, 0.15) is 41.6 Å². The van der Waals surface area contributed by atoms with Crippen molar-refractivity contribution in [2.24, 2.45) is 4.99 Å². The molecule has 10 heteroatoms. The zero-order valence-electron chi connectivity index (χ0n) is 22.3. The maximum absolute atomic E-state index is 13.8. The van der Waals surface area contributed by atoms with E-state index in [2.05, 4.69) is 11.6 Å². The molecule has 5 rings (SSSR count). The van der Waals surface area contributed by atoms with Crippen molar-refractivity contribution in [3.63, 3.8) is 0 Å². The molecule has 0 spiro atoms. The third-order valence-electron chi connectivity index (χ3n) is 6.37. The van der Waals surface area contributed by atoms with Gasteiger partial charge in [-0.3, -0.25) is 9.36 Å². The number of carbonyl (C=O) groups excluding carboxylic acids is 1. The normalized spacial score (nSPS) is 14.8. The molecule has 4 aromatic rings. The largest absolute Gasteiger partial charge is 0.490 e. The van der Waals surface area contributed by atoms with Crippen LogP contribution in [-0.2, 0) is 9.53 Å². The Morgan fingerprint density at radius 3 is 2.66 bits per heavy atom. The molecule has 2 aromatic heterocycles. The van der Waals surface area contributed by atoms with Crippen LogP contribution in [0, 0.1) is 0 Å². The number of benzene rings is 2. The van der Waals surface area contributed by atoms with Crippen molar-refractivity contribution >= 4 is 29.4 Å². The van der Waals surface area contributed by atoms with E-state index in [1.807, 2.05) is 12.1 Å². The van der Waals surface area contributed by atoms with E-state index >= 15 is 0 Å². The molecule has 0 amide bonds. The summed E-state index contributed by atoms with van der Waals surface area (Å²) in [4.78, 5) is 43.3. The number of carbonyl (C=O) groups is 2. The number of aromatic carboxylic acids is 1. The monoisotopic (exact) mass is 570 g/mol. The molecule has 0 aliphatic carbocycles. The van der Waals surface area contributed by atoms with Gasteiger partial charge in [0.05, 0.1) is 34.0 Å². The van der Waals surface area contributed by atoms with Gasteiger partial charge in [0.15, 0.2) is 4.80 Å². The molecule has 208 valence electrons. The SMILES string of the molecule is C=CCOc1ccc([C@@H]2C(C(=O)OCC)=C(C)N=c3s/c(=C\c4ccc(-c5cccc(C(=O)O)c5)o4)c(=O)n32)cc1. The molecule has 0 radical (unpaired) electrons. The first-order chi connectivity index (χ1) is 19.8. The Hall–Kier alpha value is -4.96. The number of aromatic nitrogens is 1. The fourth-order valence-corrected chi connectivity index (χ4v) is 5.56. The number of carboxylic acids is 1. The Bertz CT molecular complexity index is 1860. The molecule has 1 aliphatic rings. The van der Waals surface area contributed by atoms with Crippen LogP contribution in [-0.4, -0.2) is 34.8 Å². The minimum Gasteiger partial charge on any atom is -0.490 e. The zero-order valence-corrected chi connectivity index (χ0v) is 23.1. The molecular weight excluding hydrogens is 544 g/mol. The fourth-order valence-electron chi connectivity index (χ4n) is 4.53. The van der Waals surface area contributed by atoms with E-state index in [4.69, 9.17) is 13.9 Å². The number of esters is 1. The van der Waals surface area contributed by atoms with Crippen molar-refractivity contribution in [1.29, 1.82) is 0 Å². The molecule has 1 atom stereocenters. The topological polar surface area (TPSA) is 120 Å². The summed E-state index contributed by atoms with van der Waals surface area (Å²) in [6, 6.07) is 16.2. The molecule has 0 fully saturated rings. The summed E-state index contributed by atoms with van der Waals surface area (Å²) < 4.78 is 18.7. The van der Waals surface area contributed by atoms with Crippen LogP contribution in [0.15, 0.2) is 98.8 Å². The van der Waals surface area contributed by atoms with Gasteiger partial charge in [0.1, 0.15) is 23.9 Å². The fraction of sp³-hybridized carbons (Fsp3) is 0.161. The van der Waals surface area contributed by atoms with Gasteiger partial charge in [0, 0.05) is 11.6 Å². The number of hydrogen-bond acceptors (Lipinski definition) is 8. The number of ether oxygens (including phenoxy) is 2. The lowest BCUT2D eigenvalue weighted by Crippen LogP contribution is -2.39. The number of furan rings is 1. The minimum atomic E-state index is -1.04. The molecule has 0 saturated heterocycles. The second-order valence-corrected chi connectivity index (χ2v) is 10.1. The number of carboxylic acid groups (broad SMARTS) is 1. The predicted molar refractivity (Wildman–Crippen MR) is 154 cm³/mol. The molecule has 41 heavy (non-hydrogen) atoms. The average molecular weight is 571 g/mol. The van der Waals surface area contributed by atoms with Crippen molar-refractivity contribution in [3.8, 4) is 17.1 Å². The molecule has 2 aromatic carbocycles. The first kappa shape index (κ1) is 27.6. The van der Waals surface area contributed by atoms with Crippen LogP contribution in [0.4, 0.5) is 0 Å². The van der Waals surface area contributed by atoms with E-state index in [1.165, 1.54) is 28.0 Å². The van der Waals surface area contributed by atoms with Gasteiger partial charge in [-0.25, -0.2) is 14.6 Å². The van der Waals surface area contributed by atoms with Crippen molar-refractivity contribution in [3.05, 3.63) is 121 Å². The molecule has 0 unspecified atom stereocenters. The van der Waals surface area contributed by atoms with Gasteiger partial charge in [0.2, 0.25) is 0 Å². The van der Waals surface area contributed by atoms with E-state index < -0.39 is 18.0 Å². The Kier molecular flexibility index (Phi) is 7.84. The lowest BCUT2D eigenvalue weighted by atomic mass is 9.96. The highest BCUT2D eigenvalue weighted by molar-refractivity contribution is 7.07. The van der Waals surface area contributed by atoms with Crippen molar-refractivity contribution < 1.29 is 28.6 Å². The summed E-state index contributed by atoms with van der Waals surface area (Å²) >= 11 is 1.18. The van der Waals surface area contributed by atoms with Gasteiger partial charge in [-0.15, -0.1) is 0 Å². The van der Waals surface area contributed by atoms with E-state index in [9.17, 15) is 19.5 Å². The third kappa shape index (κ3) is 5.55. The Balaban J connectivity index is 1.59. The highest BCUT2D eigenvalue weighted by Crippen LogP contribution is 2.32.